The summed E-state index contributed by atoms with van der Waals surface area (Å²) in [5.74, 6) is 1.01. The van der Waals surface area contributed by atoms with Crippen LogP contribution in [-0.4, -0.2) is 0 Å². The average molecular weight is 252 g/mol. The summed E-state index contributed by atoms with van der Waals surface area (Å²) in [7, 11) is 0. The minimum absolute atomic E-state index is 0.409. The van der Waals surface area contributed by atoms with E-state index in [0.717, 1.165) is 6.42 Å². The van der Waals surface area contributed by atoms with E-state index in [2.05, 4.69) is 64.1 Å². The van der Waals surface area contributed by atoms with Gasteiger partial charge in [0.1, 0.15) is 0 Å². The summed E-state index contributed by atoms with van der Waals surface area (Å²) in [6.07, 6.45) is 0.976. The van der Waals surface area contributed by atoms with E-state index < -0.39 is 0 Å². The van der Waals surface area contributed by atoms with Crippen molar-refractivity contribution in [3.8, 4) is 0 Å². The van der Waals surface area contributed by atoms with Crippen molar-refractivity contribution in [2.24, 2.45) is 0 Å². The van der Waals surface area contributed by atoms with E-state index in [9.17, 15) is 0 Å². The highest BCUT2D eigenvalue weighted by Gasteiger charge is 1.99. The fourth-order valence-electron chi connectivity index (χ4n) is 1.73. The van der Waals surface area contributed by atoms with Crippen LogP contribution in [0, 0.1) is 13.8 Å². The van der Waals surface area contributed by atoms with E-state index in [0.29, 0.717) is 11.8 Å². The Morgan fingerprint density at radius 3 is 1.53 bits per heavy atom. The number of rotatable bonds is 3. The Morgan fingerprint density at radius 2 is 1.21 bits per heavy atom. The van der Waals surface area contributed by atoms with Gasteiger partial charge in [-0.3, -0.25) is 0 Å². The summed E-state index contributed by atoms with van der Waals surface area (Å²) in [4.78, 5) is 0. The smallest absolute Gasteiger partial charge is 0.0190 e. The third-order valence-electron chi connectivity index (χ3n) is 3.17. The van der Waals surface area contributed by atoms with Crippen LogP contribution in [0.3, 0.4) is 0 Å². The van der Waals surface area contributed by atoms with Crippen LogP contribution >= 0.6 is 0 Å². The van der Waals surface area contributed by atoms with Gasteiger partial charge in [-0.1, -0.05) is 81.4 Å². The zero-order valence-electron chi connectivity index (χ0n) is 12.0. The lowest BCUT2D eigenvalue weighted by Crippen LogP contribution is -1.88. The molecule has 2 rings (SSSR count). The molecule has 0 heteroatoms. The third kappa shape index (κ3) is 5.74. The Morgan fingerprint density at radius 1 is 0.789 bits per heavy atom. The van der Waals surface area contributed by atoms with Crippen LogP contribution in [0.2, 0.25) is 0 Å². The molecule has 0 aliphatic heterocycles. The van der Waals surface area contributed by atoms with Crippen LogP contribution in [0.1, 0.15) is 43.2 Å². The minimum atomic E-state index is 0.409. The predicted octanol–water partition coefficient (Wildman–Crippen LogP) is 5.64. The first-order chi connectivity index (χ1) is 9.15. The first kappa shape index (κ1) is 15.5. The van der Waals surface area contributed by atoms with Crippen molar-refractivity contribution in [3.05, 3.63) is 85.6 Å². The number of hydrogen-bond acceptors (Lipinski definition) is 0. The van der Waals surface area contributed by atoms with Crippen molar-refractivity contribution in [1.82, 2.24) is 0 Å². The third-order valence-corrected chi connectivity index (χ3v) is 3.17. The van der Waals surface area contributed by atoms with Gasteiger partial charge in [0.15, 0.2) is 0 Å². The summed E-state index contributed by atoms with van der Waals surface area (Å²) in [6.45, 7) is 12.1. The summed E-state index contributed by atoms with van der Waals surface area (Å²) in [5, 5.41) is 0. The molecule has 0 fully saturated rings. The van der Waals surface area contributed by atoms with Crippen LogP contribution in [0.15, 0.2) is 60.7 Å². The zero-order chi connectivity index (χ0) is 14.1. The molecule has 2 radical (unpaired) electrons. The topological polar surface area (TPSA) is 0 Å². The standard InChI is InChI=1S/C10H13.C9H11/c1-3-9(2)10-7-5-4-6-8-10;1-8(2)9-6-4-3-5-7-9/h4-9H,1,3H2,2H3;3-8H,1H2,2H3. The molecule has 2 aromatic carbocycles. The van der Waals surface area contributed by atoms with Crippen molar-refractivity contribution < 1.29 is 0 Å². The predicted molar refractivity (Wildman–Crippen MR) is 85.0 cm³/mol. The van der Waals surface area contributed by atoms with E-state index in [1.807, 2.05) is 24.3 Å². The molecule has 0 saturated heterocycles. The molecule has 0 saturated carbocycles. The van der Waals surface area contributed by atoms with Crippen molar-refractivity contribution in [2.45, 2.75) is 32.1 Å². The van der Waals surface area contributed by atoms with Gasteiger partial charge in [-0.25, -0.2) is 0 Å². The molecule has 0 N–H and O–H groups in total. The van der Waals surface area contributed by atoms with E-state index in [1.54, 1.807) is 0 Å². The molecule has 2 aromatic rings. The van der Waals surface area contributed by atoms with E-state index >= 15 is 0 Å². The first-order valence-corrected chi connectivity index (χ1v) is 6.87. The Labute approximate surface area is 118 Å². The second kappa shape index (κ2) is 8.53. The molecule has 0 bridgehead atoms. The molecule has 2 unspecified atom stereocenters. The lowest BCUT2D eigenvalue weighted by atomic mass is 9.99. The van der Waals surface area contributed by atoms with Crippen molar-refractivity contribution >= 4 is 0 Å². The molecule has 2 atom stereocenters. The second-order valence-corrected chi connectivity index (χ2v) is 4.91. The highest BCUT2D eigenvalue weighted by Crippen LogP contribution is 2.16. The maximum absolute atomic E-state index is 3.91. The Hall–Kier alpha value is -1.56. The van der Waals surface area contributed by atoms with Crippen LogP contribution in [0.4, 0.5) is 0 Å². The Kier molecular flexibility index (Phi) is 6.95. The Balaban J connectivity index is 0.000000191. The van der Waals surface area contributed by atoms with Gasteiger partial charge in [-0.05, 0) is 36.3 Å². The highest BCUT2D eigenvalue weighted by molar-refractivity contribution is 5.19. The van der Waals surface area contributed by atoms with Crippen molar-refractivity contribution in [3.63, 3.8) is 0 Å². The van der Waals surface area contributed by atoms with Gasteiger partial charge < -0.3 is 0 Å². The molecule has 0 nitrogen and oxygen atoms in total. The van der Waals surface area contributed by atoms with Gasteiger partial charge >= 0.3 is 0 Å². The van der Waals surface area contributed by atoms with Gasteiger partial charge in [0.05, 0.1) is 0 Å². The van der Waals surface area contributed by atoms with Gasteiger partial charge in [-0.15, -0.1) is 0 Å². The first-order valence-electron chi connectivity index (χ1n) is 6.87. The molecule has 0 aromatic heterocycles. The van der Waals surface area contributed by atoms with Crippen molar-refractivity contribution in [2.75, 3.05) is 0 Å². The van der Waals surface area contributed by atoms with Crippen LogP contribution < -0.4 is 0 Å². The molecule has 0 aliphatic rings. The molecule has 100 valence electrons. The fourth-order valence-corrected chi connectivity index (χ4v) is 1.73. The Bertz CT molecular complexity index is 428. The average Bonchev–Trinajstić information content (AvgIpc) is 2.49. The number of hydrogen-bond donors (Lipinski definition) is 0. The monoisotopic (exact) mass is 252 g/mol. The highest BCUT2D eigenvalue weighted by atomic mass is 14.0. The normalized spacial score (nSPS) is 11.6. The van der Waals surface area contributed by atoms with E-state index in [1.165, 1.54) is 11.1 Å². The minimum Gasteiger partial charge on any atom is -0.0622 e. The largest absolute Gasteiger partial charge is 0.0622 e. The maximum atomic E-state index is 3.91. The summed E-state index contributed by atoms with van der Waals surface area (Å²) in [6, 6.07) is 20.8. The van der Waals surface area contributed by atoms with Gasteiger partial charge in [0.25, 0.3) is 0 Å². The van der Waals surface area contributed by atoms with Gasteiger partial charge in [-0.2, -0.15) is 0 Å². The van der Waals surface area contributed by atoms with Gasteiger partial charge in [0, 0.05) is 0 Å². The molecule has 0 amide bonds. The van der Waals surface area contributed by atoms with Gasteiger partial charge in [0.2, 0.25) is 0 Å². The van der Waals surface area contributed by atoms with E-state index in [4.69, 9.17) is 0 Å². The maximum Gasteiger partial charge on any atom is -0.0190 e. The molecular formula is C19H24. The zero-order valence-corrected chi connectivity index (χ0v) is 12.0. The quantitative estimate of drug-likeness (QED) is 0.663. The lowest BCUT2D eigenvalue weighted by Gasteiger charge is -2.06. The molecule has 0 aliphatic carbocycles. The molecule has 0 spiro atoms. The SMILES string of the molecule is [CH2]C(C)c1ccccc1.[CH2]CC(C)c1ccccc1. The van der Waals surface area contributed by atoms with Crippen LogP contribution in [-0.2, 0) is 0 Å². The molecular weight excluding hydrogens is 228 g/mol. The molecule has 19 heavy (non-hydrogen) atoms. The number of benzene rings is 2. The van der Waals surface area contributed by atoms with E-state index in [-0.39, 0.29) is 0 Å². The summed E-state index contributed by atoms with van der Waals surface area (Å²) < 4.78 is 0. The summed E-state index contributed by atoms with van der Waals surface area (Å²) >= 11 is 0. The molecule has 0 heterocycles. The lowest BCUT2D eigenvalue weighted by molar-refractivity contribution is 0.778. The fraction of sp³-hybridized carbons (Fsp3) is 0.263. The summed E-state index contributed by atoms with van der Waals surface area (Å²) in [5.41, 5.74) is 2.69. The van der Waals surface area contributed by atoms with Crippen molar-refractivity contribution in [1.29, 1.82) is 0 Å². The second-order valence-electron chi connectivity index (χ2n) is 4.91. The van der Waals surface area contributed by atoms with Crippen LogP contribution in [0.5, 0.6) is 0 Å². The van der Waals surface area contributed by atoms with Crippen LogP contribution in [0.25, 0.3) is 0 Å².